The van der Waals surface area contributed by atoms with E-state index in [4.69, 9.17) is 44.1 Å². The van der Waals surface area contributed by atoms with E-state index in [1.54, 1.807) is 33.5 Å². The summed E-state index contributed by atoms with van der Waals surface area (Å²) in [5, 5.41) is 4.74. The first-order valence-corrected chi connectivity index (χ1v) is 13.4. The number of benzene rings is 2. The molecule has 0 aliphatic carbocycles. The zero-order chi connectivity index (χ0) is 19.1. The molecule has 2 aromatic rings. The number of nitrogens with one attached hydrogen (secondary N) is 1. The van der Waals surface area contributed by atoms with Crippen molar-refractivity contribution in [3.63, 3.8) is 0 Å². The molecule has 8 heteroatoms. The molecule has 2 aromatic carbocycles. The molecule has 0 radical (unpaired) electrons. The molecule has 0 amide bonds. The molecule has 1 aliphatic heterocycles. The van der Waals surface area contributed by atoms with E-state index < -0.39 is 16.5 Å². The van der Waals surface area contributed by atoms with Crippen molar-refractivity contribution in [2.45, 2.75) is 12.5 Å². The number of ether oxygens (including phenoxy) is 3. The van der Waals surface area contributed by atoms with E-state index in [0.717, 1.165) is 35.6 Å². The van der Waals surface area contributed by atoms with Crippen LogP contribution in [0.1, 0.15) is 22.7 Å². The van der Waals surface area contributed by atoms with E-state index in [1.165, 1.54) is 5.56 Å². The van der Waals surface area contributed by atoms with Gasteiger partial charge in [-0.2, -0.15) is 0 Å². The van der Waals surface area contributed by atoms with Crippen LogP contribution in [0.2, 0.25) is 0 Å². The number of hydrogen-bond acceptors (Lipinski definition) is 3. The fourth-order valence-electron chi connectivity index (χ4n) is 2.98. The van der Waals surface area contributed by atoms with E-state index in [-0.39, 0.29) is 6.04 Å². The van der Waals surface area contributed by atoms with Gasteiger partial charge in [0.05, 0.1) is 21.3 Å². The van der Waals surface area contributed by atoms with Gasteiger partial charge >= 0.3 is 35.3 Å². The molecular formula is C18H20Cl2N2O3Pt. The number of halogens is 2. The van der Waals surface area contributed by atoms with E-state index in [9.17, 15) is 0 Å². The third kappa shape index (κ3) is 4.77. The van der Waals surface area contributed by atoms with Crippen LogP contribution in [0.3, 0.4) is 0 Å². The summed E-state index contributed by atoms with van der Waals surface area (Å²) in [5.74, 6) is 2.14. The summed E-state index contributed by atoms with van der Waals surface area (Å²) in [4.78, 5) is 0. The second-order valence-corrected chi connectivity index (χ2v) is 8.75. The molecule has 0 fully saturated rings. The van der Waals surface area contributed by atoms with Gasteiger partial charge in [0, 0.05) is 0 Å². The SMILES string of the molecule is COc1ccc([NH-])c([C@H]2[N-]CCc3cc(OC)c(OC)cc32)c1.[Cl][Pt+2][Cl]. The molecule has 26 heavy (non-hydrogen) atoms. The van der Waals surface area contributed by atoms with Crippen LogP contribution in [0, 0.1) is 0 Å². The van der Waals surface area contributed by atoms with Crippen molar-refractivity contribution in [3.8, 4) is 17.2 Å². The van der Waals surface area contributed by atoms with E-state index in [0.29, 0.717) is 11.4 Å². The molecule has 5 nitrogen and oxygen atoms in total. The van der Waals surface area contributed by atoms with Crippen LogP contribution >= 0.6 is 18.8 Å². The molecule has 1 atom stereocenters. The molecule has 3 rings (SSSR count). The van der Waals surface area contributed by atoms with Crippen molar-refractivity contribution < 1.29 is 30.7 Å². The molecule has 0 unspecified atom stereocenters. The minimum absolute atomic E-state index is 0.179. The van der Waals surface area contributed by atoms with Crippen LogP contribution in [0.25, 0.3) is 11.1 Å². The number of nitrogens with zero attached hydrogens (tertiary/aromatic N) is 1. The maximum absolute atomic E-state index is 8.23. The topological polar surface area (TPSA) is 65.6 Å². The number of rotatable bonds is 4. The fourth-order valence-corrected chi connectivity index (χ4v) is 2.98. The third-order valence-electron chi connectivity index (χ3n) is 4.19. The van der Waals surface area contributed by atoms with Gasteiger partial charge < -0.3 is 25.3 Å². The van der Waals surface area contributed by atoms with Crippen LogP contribution in [0.4, 0.5) is 5.69 Å². The third-order valence-corrected chi connectivity index (χ3v) is 4.19. The van der Waals surface area contributed by atoms with Gasteiger partial charge in [-0.1, -0.05) is 23.2 Å². The van der Waals surface area contributed by atoms with Gasteiger partial charge in [-0.05, 0) is 36.2 Å². The van der Waals surface area contributed by atoms with E-state index >= 15 is 0 Å². The summed E-state index contributed by atoms with van der Waals surface area (Å²) in [6.07, 6.45) is 0.865. The van der Waals surface area contributed by atoms with Gasteiger partial charge in [0.1, 0.15) is 5.75 Å². The quantitative estimate of drug-likeness (QED) is 0.462. The molecule has 1 N–H and O–H groups in total. The summed E-state index contributed by atoms with van der Waals surface area (Å²) in [7, 11) is 14.6. The van der Waals surface area contributed by atoms with Crippen LogP contribution < -0.4 is 14.2 Å². The molecule has 0 saturated heterocycles. The molecule has 144 valence electrons. The maximum atomic E-state index is 8.23. The van der Waals surface area contributed by atoms with Crippen molar-refractivity contribution in [2.75, 3.05) is 27.9 Å². The summed E-state index contributed by atoms with van der Waals surface area (Å²) in [5.41, 5.74) is 11.8. The van der Waals surface area contributed by atoms with Crippen molar-refractivity contribution >= 4 is 24.5 Å². The van der Waals surface area contributed by atoms with Crippen LogP contribution in [-0.2, 0) is 22.9 Å². The minimum atomic E-state index is -0.472. The second-order valence-electron chi connectivity index (χ2n) is 5.46. The predicted octanol–water partition coefficient (Wildman–Crippen LogP) is 5.79. The standard InChI is InChI=1S/C18H20N2O3.2ClH.Pt/c1-21-12-4-5-15(19)14(9-12)18-13-10-17(23-3)16(22-2)8-11(13)6-7-20-18;;;/h4-5,8-10,18-19H,6-7H2,1-3H3;2*1H;/q-2;;;+4/p-2/t18-;;;/m0.../s1. The van der Waals surface area contributed by atoms with Crippen molar-refractivity contribution in [1.29, 1.82) is 0 Å². The Hall–Kier alpha value is -1.13. The molecule has 0 saturated carbocycles. The average molecular weight is 578 g/mol. The molecule has 1 heterocycles. The Morgan fingerprint density at radius 2 is 1.65 bits per heavy atom. The molecule has 0 aromatic heterocycles. The normalized spacial score (nSPS) is 15.5. The van der Waals surface area contributed by atoms with Gasteiger partial charge in [-0.3, -0.25) is 0 Å². The molecular weight excluding hydrogens is 558 g/mol. The van der Waals surface area contributed by atoms with Gasteiger partial charge in [0.2, 0.25) is 0 Å². The van der Waals surface area contributed by atoms with Crippen LogP contribution in [0.15, 0.2) is 30.3 Å². The number of fused-ring (bicyclic) bond motifs is 1. The molecule has 0 bridgehead atoms. The van der Waals surface area contributed by atoms with Crippen LogP contribution in [-0.4, -0.2) is 27.9 Å². The van der Waals surface area contributed by atoms with E-state index in [2.05, 4.69) is 0 Å². The first kappa shape index (κ1) is 21.2. The second kappa shape index (κ2) is 10.3. The first-order chi connectivity index (χ1) is 12.6. The predicted molar refractivity (Wildman–Crippen MR) is 102 cm³/mol. The number of methoxy groups -OCH3 is 3. The van der Waals surface area contributed by atoms with Crippen molar-refractivity contribution in [3.05, 3.63) is 58.1 Å². The van der Waals surface area contributed by atoms with Gasteiger partial charge in [0.15, 0.2) is 11.5 Å². The van der Waals surface area contributed by atoms with E-state index in [1.807, 2.05) is 18.2 Å². The van der Waals surface area contributed by atoms with Crippen LogP contribution in [0.5, 0.6) is 17.2 Å². The monoisotopic (exact) mass is 577 g/mol. The number of hydrogen-bond donors (Lipinski definition) is 0. The zero-order valence-corrected chi connectivity index (χ0v) is 18.4. The van der Waals surface area contributed by atoms with Gasteiger partial charge in [-0.15, -0.1) is 12.2 Å². The van der Waals surface area contributed by atoms with Crippen molar-refractivity contribution in [2.24, 2.45) is 0 Å². The Balaban J connectivity index is 0.000000758. The Morgan fingerprint density at radius 1 is 1.00 bits per heavy atom. The zero-order valence-electron chi connectivity index (χ0n) is 14.6. The molecule has 1 aliphatic rings. The first-order valence-electron chi connectivity index (χ1n) is 7.72. The van der Waals surface area contributed by atoms with Gasteiger partial charge in [-0.25, -0.2) is 0 Å². The summed E-state index contributed by atoms with van der Waals surface area (Å²) < 4.78 is 16.1. The average Bonchev–Trinajstić information content (AvgIpc) is 2.67. The Morgan fingerprint density at radius 3 is 2.27 bits per heavy atom. The fraction of sp³-hybridized carbons (Fsp3) is 0.333. The molecule has 0 spiro atoms. The Kier molecular flexibility index (Phi) is 8.36. The Labute approximate surface area is 170 Å². The van der Waals surface area contributed by atoms with Gasteiger partial charge in [0.25, 0.3) is 0 Å². The van der Waals surface area contributed by atoms with Crippen molar-refractivity contribution in [1.82, 2.24) is 0 Å². The summed E-state index contributed by atoms with van der Waals surface area (Å²) in [6.45, 7) is 0.726. The Bertz CT molecular complexity index is 747. The summed E-state index contributed by atoms with van der Waals surface area (Å²) in [6, 6.07) is 9.24. The summed E-state index contributed by atoms with van der Waals surface area (Å²) >= 11 is -0.472.